The summed E-state index contributed by atoms with van der Waals surface area (Å²) >= 11 is 0. The molecule has 60 valence electrons. The van der Waals surface area contributed by atoms with Gasteiger partial charge in [-0.25, -0.2) is 9.67 Å². The lowest BCUT2D eigenvalue weighted by Gasteiger charge is -2.07. The van der Waals surface area contributed by atoms with Crippen molar-refractivity contribution >= 4 is 0 Å². The number of rotatable bonds is 2. The van der Waals surface area contributed by atoms with Gasteiger partial charge >= 0.3 is 0 Å². The molecule has 3 nitrogen and oxygen atoms in total. The summed E-state index contributed by atoms with van der Waals surface area (Å²) in [5, 5.41) is 4.18. The molecule has 1 heterocycles. The normalized spacial score (nSPS) is 17.7. The van der Waals surface area contributed by atoms with Crippen molar-refractivity contribution in [3.8, 4) is 0 Å². The second kappa shape index (κ2) is 2.32. The first-order valence-electron chi connectivity index (χ1n) is 4.18. The Morgan fingerprint density at radius 2 is 2.27 bits per heavy atom. The SMILES string of the molecule is CC(C)n1ncnc1C1CC1. The Hall–Kier alpha value is -0.860. The number of aromatic nitrogens is 3. The van der Waals surface area contributed by atoms with Crippen LogP contribution in [0.15, 0.2) is 6.33 Å². The molecule has 0 saturated heterocycles. The summed E-state index contributed by atoms with van der Waals surface area (Å²) in [6, 6.07) is 0.452. The molecule has 1 aliphatic carbocycles. The molecule has 1 aliphatic rings. The lowest BCUT2D eigenvalue weighted by Crippen LogP contribution is -2.06. The van der Waals surface area contributed by atoms with Gasteiger partial charge in [0, 0.05) is 12.0 Å². The highest BCUT2D eigenvalue weighted by Crippen LogP contribution is 2.39. The minimum Gasteiger partial charge on any atom is -0.247 e. The van der Waals surface area contributed by atoms with E-state index in [1.807, 2.05) is 4.68 Å². The Morgan fingerprint density at radius 1 is 1.55 bits per heavy atom. The van der Waals surface area contributed by atoms with Gasteiger partial charge in [-0.1, -0.05) is 0 Å². The third-order valence-electron chi connectivity index (χ3n) is 2.03. The van der Waals surface area contributed by atoms with Crippen LogP contribution in [-0.2, 0) is 0 Å². The minimum absolute atomic E-state index is 0.452. The van der Waals surface area contributed by atoms with Gasteiger partial charge in [0.1, 0.15) is 12.2 Å². The maximum absolute atomic E-state index is 4.25. The second-order valence-corrected chi connectivity index (χ2v) is 3.43. The van der Waals surface area contributed by atoms with E-state index in [1.54, 1.807) is 6.33 Å². The summed E-state index contributed by atoms with van der Waals surface area (Å²) in [5.74, 6) is 1.89. The molecule has 3 heteroatoms. The van der Waals surface area contributed by atoms with Crippen molar-refractivity contribution in [3.63, 3.8) is 0 Å². The summed E-state index contributed by atoms with van der Waals surface area (Å²) in [7, 11) is 0. The fourth-order valence-corrected chi connectivity index (χ4v) is 1.29. The summed E-state index contributed by atoms with van der Waals surface area (Å²) in [6.07, 6.45) is 4.25. The molecule has 0 bridgehead atoms. The molecule has 1 fully saturated rings. The minimum atomic E-state index is 0.452. The van der Waals surface area contributed by atoms with Gasteiger partial charge in [-0.05, 0) is 26.7 Å². The van der Waals surface area contributed by atoms with Crippen LogP contribution < -0.4 is 0 Å². The molecule has 0 radical (unpaired) electrons. The van der Waals surface area contributed by atoms with E-state index in [1.165, 1.54) is 18.7 Å². The molecule has 1 saturated carbocycles. The van der Waals surface area contributed by atoms with Crippen LogP contribution in [0.4, 0.5) is 0 Å². The van der Waals surface area contributed by atoms with E-state index in [4.69, 9.17) is 0 Å². The predicted octanol–water partition coefficient (Wildman–Crippen LogP) is 1.74. The molecule has 0 aliphatic heterocycles. The number of nitrogens with zero attached hydrogens (tertiary/aromatic N) is 3. The van der Waals surface area contributed by atoms with Crippen LogP contribution in [0.25, 0.3) is 0 Å². The van der Waals surface area contributed by atoms with Gasteiger partial charge in [-0.2, -0.15) is 5.10 Å². The molecular formula is C8H13N3. The Kier molecular flexibility index (Phi) is 1.44. The highest BCUT2D eigenvalue weighted by atomic mass is 15.3. The summed E-state index contributed by atoms with van der Waals surface area (Å²) in [4.78, 5) is 4.25. The van der Waals surface area contributed by atoms with E-state index in [2.05, 4.69) is 23.9 Å². The molecule has 1 aromatic heterocycles. The molecule has 2 rings (SSSR count). The Balaban J connectivity index is 2.30. The van der Waals surface area contributed by atoms with Gasteiger partial charge in [0.2, 0.25) is 0 Å². The first-order valence-corrected chi connectivity index (χ1v) is 4.18. The van der Waals surface area contributed by atoms with Crippen molar-refractivity contribution < 1.29 is 0 Å². The van der Waals surface area contributed by atoms with Crippen LogP contribution in [0.5, 0.6) is 0 Å². The molecule has 0 aromatic carbocycles. The average molecular weight is 151 g/mol. The maximum atomic E-state index is 4.25. The van der Waals surface area contributed by atoms with Crippen molar-refractivity contribution in [1.29, 1.82) is 0 Å². The van der Waals surface area contributed by atoms with E-state index in [0.717, 1.165) is 0 Å². The van der Waals surface area contributed by atoms with Crippen molar-refractivity contribution in [1.82, 2.24) is 14.8 Å². The molecule has 11 heavy (non-hydrogen) atoms. The highest BCUT2D eigenvalue weighted by molar-refractivity contribution is 5.04. The molecule has 1 aromatic rings. The van der Waals surface area contributed by atoms with E-state index in [-0.39, 0.29) is 0 Å². The fourth-order valence-electron chi connectivity index (χ4n) is 1.29. The Labute approximate surface area is 66.4 Å². The van der Waals surface area contributed by atoms with Crippen LogP contribution in [0.1, 0.15) is 44.5 Å². The van der Waals surface area contributed by atoms with E-state index in [0.29, 0.717) is 12.0 Å². The topological polar surface area (TPSA) is 30.7 Å². The van der Waals surface area contributed by atoms with Gasteiger partial charge in [0.15, 0.2) is 0 Å². The highest BCUT2D eigenvalue weighted by Gasteiger charge is 2.28. The van der Waals surface area contributed by atoms with Gasteiger partial charge < -0.3 is 0 Å². The lowest BCUT2D eigenvalue weighted by molar-refractivity contribution is 0.506. The molecule has 0 amide bonds. The number of hydrogen-bond acceptors (Lipinski definition) is 2. The molecule has 0 atom stereocenters. The zero-order valence-electron chi connectivity index (χ0n) is 6.99. The summed E-state index contributed by atoms with van der Waals surface area (Å²) in [6.45, 7) is 4.28. The zero-order valence-corrected chi connectivity index (χ0v) is 6.99. The first-order chi connectivity index (χ1) is 5.29. The quantitative estimate of drug-likeness (QED) is 0.644. The van der Waals surface area contributed by atoms with Crippen LogP contribution in [-0.4, -0.2) is 14.8 Å². The predicted molar refractivity (Wildman–Crippen MR) is 42.4 cm³/mol. The average Bonchev–Trinajstić information content (AvgIpc) is 2.68. The van der Waals surface area contributed by atoms with Gasteiger partial charge in [-0.3, -0.25) is 0 Å². The second-order valence-electron chi connectivity index (χ2n) is 3.43. The monoisotopic (exact) mass is 151 g/mol. The van der Waals surface area contributed by atoms with Gasteiger partial charge in [0.25, 0.3) is 0 Å². The third kappa shape index (κ3) is 1.15. The van der Waals surface area contributed by atoms with Crippen LogP contribution in [0.3, 0.4) is 0 Å². The first kappa shape index (κ1) is 6.83. The molecular weight excluding hydrogens is 138 g/mol. The van der Waals surface area contributed by atoms with Crippen LogP contribution >= 0.6 is 0 Å². The Bertz CT molecular complexity index is 231. The van der Waals surface area contributed by atoms with Crippen molar-refractivity contribution in [2.45, 2.75) is 38.6 Å². The van der Waals surface area contributed by atoms with E-state index >= 15 is 0 Å². The molecule has 0 unspecified atom stereocenters. The molecule has 0 N–H and O–H groups in total. The molecule has 0 spiro atoms. The number of hydrogen-bond donors (Lipinski definition) is 0. The van der Waals surface area contributed by atoms with E-state index < -0.39 is 0 Å². The lowest BCUT2D eigenvalue weighted by atomic mass is 10.3. The standard InChI is InChI=1S/C8H13N3/c1-6(2)11-8(7-3-4-7)9-5-10-11/h5-7H,3-4H2,1-2H3. The maximum Gasteiger partial charge on any atom is 0.138 e. The summed E-state index contributed by atoms with van der Waals surface area (Å²) < 4.78 is 2.03. The van der Waals surface area contributed by atoms with Crippen LogP contribution in [0.2, 0.25) is 0 Å². The third-order valence-corrected chi connectivity index (χ3v) is 2.03. The van der Waals surface area contributed by atoms with Crippen molar-refractivity contribution in [2.24, 2.45) is 0 Å². The summed E-state index contributed by atoms with van der Waals surface area (Å²) in [5.41, 5.74) is 0. The van der Waals surface area contributed by atoms with Crippen LogP contribution in [0, 0.1) is 0 Å². The van der Waals surface area contributed by atoms with Gasteiger partial charge in [-0.15, -0.1) is 0 Å². The van der Waals surface area contributed by atoms with E-state index in [9.17, 15) is 0 Å². The van der Waals surface area contributed by atoms with Crippen molar-refractivity contribution in [3.05, 3.63) is 12.2 Å². The van der Waals surface area contributed by atoms with Crippen molar-refractivity contribution in [2.75, 3.05) is 0 Å². The zero-order chi connectivity index (χ0) is 7.84. The smallest absolute Gasteiger partial charge is 0.138 e. The largest absolute Gasteiger partial charge is 0.247 e. The fraction of sp³-hybridized carbons (Fsp3) is 0.750. The Morgan fingerprint density at radius 3 is 2.82 bits per heavy atom. The van der Waals surface area contributed by atoms with Gasteiger partial charge in [0.05, 0.1) is 0 Å².